The molecule has 3 nitrogen and oxygen atoms in total. The molecule has 0 aromatic heterocycles. The number of nitrogens with zero attached hydrogens (tertiary/aromatic N) is 1. The molecule has 1 aliphatic carbocycles. The van der Waals surface area contributed by atoms with Gasteiger partial charge in [-0.3, -0.25) is 0 Å². The van der Waals surface area contributed by atoms with Gasteiger partial charge in [-0.15, -0.1) is 0 Å². The molecule has 122 valence electrons. The molecule has 2 fully saturated rings. The molecule has 1 atom stereocenters. The van der Waals surface area contributed by atoms with Crippen molar-refractivity contribution in [3.8, 4) is 5.75 Å². The Kier molecular flexibility index (Phi) is 5.04. The van der Waals surface area contributed by atoms with Crippen molar-refractivity contribution in [3.63, 3.8) is 0 Å². The van der Waals surface area contributed by atoms with E-state index in [9.17, 15) is 0 Å². The van der Waals surface area contributed by atoms with Gasteiger partial charge < -0.3 is 15.4 Å². The van der Waals surface area contributed by atoms with Crippen LogP contribution < -0.4 is 10.5 Å². The Bertz CT molecular complexity index is 482. The Labute approximate surface area is 134 Å². The molecule has 0 amide bonds. The average Bonchev–Trinajstić information content (AvgIpc) is 2.56. The first kappa shape index (κ1) is 15.8. The van der Waals surface area contributed by atoms with Crippen LogP contribution in [-0.4, -0.2) is 37.7 Å². The van der Waals surface area contributed by atoms with Gasteiger partial charge >= 0.3 is 0 Å². The van der Waals surface area contributed by atoms with Gasteiger partial charge in [0.1, 0.15) is 11.9 Å². The average molecular weight is 302 g/mol. The first-order valence-corrected chi connectivity index (χ1v) is 8.88. The lowest BCUT2D eigenvalue weighted by Gasteiger charge is -2.39. The first-order chi connectivity index (χ1) is 10.7. The van der Waals surface area contributed by atoms with Crippen molar-refractivity contribution in [2.45, 2.75) is 56.5 Å². The summed E-state index contributed by atoms with van der Waals surface area (Å²) >= 11 is 0. The third kappa shape index (κ3) is 3.31. The fraction of sp³-hybridized carbons (Fsp3) is 0.684. The van der Waals surface area contributed by atoms with Crippen LogP contribution in [0.25, 0.3) is 0 Å². The molecule has 1 aliphatic heterocycles. The van der Waals surface area contributed by atoms with E-state index in [2.05, 4.69) is 36.2 Å². The zero-order valence-corrected chi connectivity index (χ0v) is 13.9. The Morgan fingerprint density at radius 2 is 1.95 bits per heavy atom. The van der Waals surface area contributed by atoms with Crippen LogP contribution in [0.15, 0.2) is 24.3 Å². The van der Waals surface area contributed by atoms with E-state index in [1.165, 1.54) is 50.6 Å². The SMILES string of the molecule is CN1CCCC(Oc2ccccc2C2(CN)CCCCC2)C1. The summed E-state index contributed by atoms with van der Waals surface area (Å²) in [7, 11) is 2.18. The molecule has 1 unspecified atom stereocenters. The number of hydrogen-bond acceptors (Lipinski definition) is 3. The van der Waals surface area contributed by atoms with Crippen LogP contribution in [0.2, 0.25) is 0 Å². The minimum atomic E-state index is 0.134. The molecule has 1 aromatic carbocycles. The molecule has 3 heteroatoms. The van der Waals surface area contributed by atoms with Gasteiger partial charge in [0.15, 0.2) is 0 Å². The van der Waals surface area contributed by atoms with Gasteiger partial charge in [0, 0.05) is 24.1 Å². The smallest absolute Gasteiger partial charge is 0.123 e. The predicted octanol–water partition coefficient (Wildman–Crippen LogP) is 3.32. The van der Waals surface area contributed by atoms with Gasteiger partial charge in [0.05, 0.1) is 0 Å². The molecule has 1 saturated heterocycles. The van der Waals surface area contributed by atoms with Gasteiger partial charge in [-0.05, 0) is 45.3 Å². The zero-order valence-electron chi connectivity index (χ0n) is 13.9. The second-order valence-corrected chi connectivity index (χ2v) is 7.19. The molecule has 1 saturated carbocycles. The normalized spacial score (nSPS) is 25.8. The number of likely N-dealkylation sites (tertiary alicyclic amines) is 1. The van der Waals surface area contributed by atoms with Gasteiger partial charge in [-0.1, -0.05) is 37.5 Å². The third-order valence-corrected chi connectivity index (χ3v) is 5.53. The summed E-state index contributed by atoms with van der Waals surface area (Å²) in [6.07, 6.45) is 9.04. The Hall–Kier alpha value is -1.06. The number of benzene rings is 1. The van der Waals surface area contributed by atoms with Crippen molar-refractivity contribution in [1.29, 1.82) is 0 Å². The van der Waals surface area contributed by atoms with Gasteiger partial charge in [0.2, 0.25) is 0 Å². The van der Waals surface area contributed by atoms with E-state index in [0.29, 0.717) is 6.10 Å². The fourth-order valence-electron chi connectivity index (χ4n) is 4.21. The van der Waals surface area contributed by atoms with E-state index in [-0.39, 0.29) is 5.41 Å². The minimum Gasteiger partial charge on any atom is -0.489 e. The zero-order chi connectivity index (χ0) is 15.4. The number of ether oxygens (including phenoxy) is 1. The second-order valence-electron chi connectivity index (χ2n) is 7.19. The highest BCUT2D eigenvalue weighted by molar-refractivity contribution is 5.40. The number of hydrogen-bond donors (Lipinski definition) is 1. The molecular formula is C19H30N2O. The lowest BCUT2D eigenvalue weighted by atomic mass is 9.69. The molecule has 2 N–H and O–H groups in total. The molecule has 22 heavy (non-hydrogen) atoms. The molecule has 3 rings (SSSR count). The van der Waals surface area contributed by atoms with E-state index in [0.717, 1.165) is 25.3 Å². The Balaban J connectivity index is 1.82. The van der Waals surface area contributed by atoms with Gasteiger partial charge in [-0.2, -0.15) is 0 Å². The van der Waals surface area contributed by atoms with Crippen LogP contribution in [0.3, 0.4) is 0 Å². The summed E-state index contributed by atoms with van der Waals surface area (Å²) in [5.74, 6) is 1.08. The molecule has 1 heterocycles. The highest BCUT2D eigenvalue weighted by Crippen LogP contribution is 2.42. The number of para-hydroxylation sites is 1. The number of likely N-dealkylation sites (N-methyl/N-ethyl adjacent to an activating group) is 1. The topological polar surface area (TPSA) is 38.5 Å². The molecule has 0 radical (unpaired) electrons. The number of piperidine rings is 1. The molecule has 1 aromatic rings. The lowest BCUT2D eigenvalue weighted by Crippen LogP contribution is -2.40. The van der Waals surface area contributed by atoms with E-state index in [4.69, 9.17) is 10.5 Å². The summed E-state index contributed by atoms with van der Waals surface area (Å²) in [5.41, 5.74) is 7.72. The maximum Gasteiger partial charge on any atom is 0.123 e. The Morgan fingerprint density at radius 3 is 2.68 bits per heavy atom. The summed E-state index contributed by atoms with van der Waals surface area (Å²) in [5, 5.41) is 0. The quantitative estimate of drug-likeness (QED) is 0.927. The molecule has 0 spiro atoms. The lowest BCUT2D eigenvalue weighted by molar-refractivity contribution is 0.101. The monoisotopic (exact) mass is 302 g/mol. The summed E-state index contributed by atoms with van der Waals surface area (Å²) < 4.78 is 6.44. The number of rotatable bonds is 4. The predicted molar refractivity (Wildman–Crippen MR) is 91.4 cm³/mol. The van der Waals surface area contributed by atoms with Crippen molar-refractivity contribution in [2.24, 2.45) is 5.73 Å². The maximum atomic E-state index is 6.44. The van der Waals surface area contributed by atoms with Crippen molar-refractivity contribution >= 4 is 0 Å². The van der Waals surface area contributed by atoms with Crippen LogP contribution in [-0.2, 0) is 5.41 Å². The summed E-state index contributed by atoms with van der Waals surface area (Å²) in [4.78, 5) is 2.37. The molecule has 0 bridgehead atoms. The molecule has 2 aliphatic rings. The van der Waals surface area contributed by atoms with Crippen LogP contribution in [0.4, 0.5) is 0 Å². The van der Waals surface area contributed by atoms with E-state index in [1.807, 2.05) is 0 Å². The minimum absolute atomic E-state index is 0.134. The van der Waals surface area contributed by atoms with Crippen molar-refractivity contribution in [1.82, 2.24) is 4.90 Å². The van der Waals surface area contributed by atoms with Crippen molar-refractivity contribution in [2.75, 3.05) is 26.7 Å². The highest BCUT2D eigenvalue weighted by atomic mass is 16.5. The van der Waals surface area contributed by atoms with E-state index >= 15 is 0 Å². The van der Waals surface area contributed by atoms with Crippen LogP contribution >= 0.6 is 0 Å². The van der Waals surface area contributed by atoms with E-state index in [1.54, 1.807) is 0 Å². The largest absolute Gasteiger partial charge is 0.489 e. The first-order valence-electron chi connectivity index (χ1n) is 8.88. The van der Waals surface area contributed by atoms with Crippen LogP contribution in [0, 0.1) is 0 Å². The third-order valence-electron chi connectivity index (χ3n) is 5.53. The highest BCUT2D eigenvalue weighted by Gasteiger charge is 2.35. The van der Waals surface area contributed by atoms with Crippen molar-refractivity contribution in [3.05, 3.63) is 29.8 Å². The van der Waals surface area contributed by atoms with Crippen LogP contribution in [0.1, 0.15) is 50.5 Å². The molecular weight excluding hydrogens is 272 g/mol. The van der Waals surface area contributed by atoms with Gasteiger partial charge in [0.25, 0.3) is 0 Å². The fourth-order valence-corrected chi connectivity index (χ4v) is 4.21. The Morgan fingerprint density at radius 1 is 1.18 bits per heavy atom. The number of nitrogens with two attached hydrogens (primary N) is 1. The van der Waals surface area contributed by atoms with Crippen LogP contribution in [0.5, 0.6) is 5.75 Å². The summed E-state index contributed by atoms with van der Waals surface area (Å²) in [6.45, 7) is 2.95. The van der Waals surface area contributed by atoms with Gasteiger partial charge in [-0.25, -0.2) is 0 Å². The summed E-state index contributed by atoms with van der Waals surface area (Å²) in [6, 6.07) is 8.63. The standard InChI is InChI=1S/C19H30N2O/c1-21-13-7-8-16(14-21)22-18-10-4-3-9-17(18)19(15-20)11-5-2-6-12-19/h3-4,9-10,16H,2,5-8,11-15,20H2,1H3. The van der Waals surface area contributed by atoms with Crippen molar-refractivity contribution < 1.29 is 4.74 Å². The second kappa shape index (κ2) is 7.01. The maximum absolute atomic E-state index is 6.44. The van der Waals surface area contributed by atoms with E-state index < -0.39 is 0 Å².